The Balaban J connectivity index is 0. The normalized spacial score (nSPS) is 5.20. The fraction of sp³-hybridized carbons (Fsp3) is 1.00. The van der Waals surface area contributed by atoms with Crippen LogP contribution in [0.15, 0.2) is 0 Å². The molecule has 2 heteroatoms. The zero-order valence-electron chi connectivity index (χ0n) is 4.71. The molecule has 0 aromatic carbocycles. The van der Waals surface area contributed by atoms with E-state index in [1.807, 2.05) is 23.3 Å². The van der Waals surface area contributed by atoms with Crippen LogP contribution >= 0.6 is 0 Å². The Bertz CT molecular complexity index is 6.85. The molecule has 0 aliphatic heterocycles. The van der Waals surface area contributed by atoms with Gasteiger partial charge >= 0.3 is 61.8 Å². The van der Waals surface area contributed by atoms with E-state index in [0.29, 0.717) is 0 Å². The van der Waals surface area contributed by atoms with Gasteiger partial charge in [-0.2, -0.15) is 0 Å². The van der Waals surface area contributed by atoms with Crippen LogP contribution in [0, 0.1) is 0 Å². The molecule has 0 aliphatic carbocycles. The van der Waals surface area contributed by atoms with E-state index in [0.717, 1.165) is 0 Å². The molecule has 0 nitrogen and oxygen atoms in total. The maximum atomic E-state index is 2.19. The van der Waals surface area contributed by atoms with Crippen LogP contribution < -0.4 is 0 Å². The van der Waals surface area contributed by atoms with Gasteiger partial charge < -0.3 is 0 Å². The topological polar surface area (TPSA) is 0 Å². The van der Waals surface area contributed by atoms with Gasteiger partial charge in [0.2, 0.25) is 0 Å². The van der Waals surface area contributed by atoms with Gasteiger partial charge in [-0.3, -0.25) is 0 Å². The minimum atomic E-state index is 1.37. The van der Waals surface area contributed by atoms with Gasteiger partial charge in [0.25, 0.3) is 0 Å². The van der Waals surface area contributed by atoms with Crippen LogP contribution in [0.3, 0.4) is 0 Å². The van der Waals surface area contributed by atoms with Gasteiger partial charge in [0, 0.05) is 0 Å². The Morgan fingerprint density at radius 1 is 1.60 bits per heavy atom. The van der Waals surface area contributed by atoms with Crippen molar-refractivity contribution >= 4 is 45.6 Å². The third-order valence-corrected chi connectivity index (χ3v) is 0. The van der Waals surface area contributed by atoms with Crippen molar-refractivity contribution in [1.82, 2.24) is 0 Å². The van der Waals surface area contributed by atoms with Gasteiger partial charge in [-0.05, 0) is 0 Å². The minimum absolute atomic E-state index is 1.37. The molecular weight excluding hydrogens is 60.0 g/mol. The van der Waals surface area contributed by atoms with Crippen LogP contribution in [0.1, 0.15) is 6.92 Å². The van der Waals surface area contributed by atoms with E-state index in [2.05, 4.69) is 6.92 Å². The van der Waals surface area contributed by atoms with E-state index in [4.69, 9.17) is 0 Å². The monoisotopic (exact) mass is 68.1 g/mol. The van der Waals surface area contributed by atoms with Crippen LogP contribution in [0.25, 0.3) is 0 Å². The van der Waals surface area contributed by atoms with Crippen LogP contribution in [0.5, 0.6) is 0 Å². The van der Waals surface area contributed by atoms with Crippen molar-refractivity contribution in [2.45, 2.75) is 16.2 Å². The van der Waals surface area contributed by atoms with Crippen molar-refractivity contribution in [2.75, 3.05) is 0 Å². The van der Waals surface area contributed by atoms with Crippen molar-refractivity contribution in [1.29, 1.82) is 0 Å². The molecule has 0 atom stereocenters. The summed E-state index contributed by atoms with van der Waals surface area (Å²) in [4.78, 5) is 0. The van der Waals surface area contributed by atoms with E-state index in [-0.39, 0.29) is 0 Å². The maximum absolute atomic E-state index is 2.19. The van der Waals surface area contributed by atoms with E-state index in [1.165, 1.54) is 31.6 Å². The van der Waals surface area contributed by atoms with Crippen molar-refractivity contribution in [3.05, 3.63) is 0 Å². The summed E-state index contributed by atoms with van der Waals surface area (Å²) in [5.74, 6) is 0. The van der Waals surface area contributed by atoms with Crippen LogP contribution in [-0.2, 0) is 0 Å². The summed E-state index contributed by atoms with van der Waals surface area (Å²) in [6.45, 7) is 2.19. The predicted molar refractivity (Wildman–Crippen MR) is 27.9 cm³/mol. The second-order valence-electron chi connectivity index (χ2n) is 0.707. The van der Waals surface area contributed by atoms with Crippen molar-refractivity contribution in [2.24, 2.45) is 0 Å². The molecule has 0 rings (SSSR count). The van der Waals surface area contributed by atoms with Gasteiger partial charge in [-0.1, -0.05) is 0 Å². The van der Waals surface area contributed by atoms with Crippen LogP contribution in [-0.4, -0.2) is 45.6 Å². The number of hydrogen-bond acceptors (Lipinski definition) is 0. The Hall–Kier alpha value is 1.60. The number of rotatable bonds is 0. The van der Waals surface area contributed by atoms with Crippen LogP contribution in [0.2, 0.25) is 9.27 Å². The summed E-state index contributed by atoms with van der Waals surface area (Å²) in [5, 5.41) is 0. The summed E-state index contributed by atoms with van der Waals surface area (Å²) < 4.78 is 1.39. The number of hydrogen-bond donors (Lipinski definition) is 0. The van der Waals surface area contributed by atoms with Crippen molar-refractivity contribution in [3.8, 4) is 0 Å². The average Bonchev–Trinajstić information content (AvgIpc) is 1.46. The molecule has 0 aromatic rings. The van der Waals surface area contributed by atoms with Gasteiger partial charge in [0.15, 0.2) is 0 Å². The first-order chi connectivity index (χ1) is 2.41. The zero-order valence-corrected chi connectivity index (χ0v) is 6.71. The van der Waals surface area contributed by atoms with Gasteiger partial charge in [0.05, 0.1) is 0 Å². The van der Waals surface area contributed by atoms with Crippen molar-refractivity contribution in [3.63, 3.8) is 0 Å². The Morgan fingerprint density at radius 3 is 1.60 bits per heavy atom. The fourth-order valence-electron chi connectivity index (χ4n) is 0. The molecule has 0 spiro atoms. The standard InChI is InChI=1S/C2H5.CH3.Li.Na/c1-2;;;/h1H2,2H3;1H3;;/i;;1-6;. The van der Waals surface area contributed by atoms with Crippen LogP contribution in [0.4, 0.5) is 0 Å². The van der Waals surface area contributed by atoms with E-state index in [9.17, 15) is 0 Å². The molecule has 0 heterocycles. The zero-order chi connectivity index (χ0) is 4.71. The van der Waals surface area contributed by atoms with E-state index in [1.54, 1.807) is 0 Å². The quantitative estimate of drug-likeness (QED) is 0.368. The third-order valence-electron chi connectivity index (χ3n) is 0. The summed E-state index contributed by atoms with van der Waals surface area (Å²) in [7, 11) is 0. The summed E-state index contributed by atoms with van der Waals surface area (Å²) in [6.07, 6.45) is 0. The van der Waals surface area contributed by atoms with E-state index >= 15 is 0 Å². The molecule has 0 saturated heterocycles. The second kappa shape index (κ2) is 17.5. The first-order valence-electron chi connectivity index (χ1n) is 2.41. The summed E-state index contributed by atoms with van der Waals surface area (Å²) in [6, 6.07) is 0. The van der Waals surface area contributed by atoms with Gasteiger partial charge in [0.1, 0.15) is 0 Å². The molecule has 5 heavy (non-hydrogen) atoms. The first-order valence-corrected chi connectivity index (χ1v) is 3.83. The molecule has 0 aromatic heterocycles. The Morgan fingerprint density at radius 2 is 1.60 bits per heavy atom. The average molecular weight is 68.1 g/mol. The van der Waals surface area contributed by atoms with E-state index < -0.39 is 0 Å². The second-order valence-corrected chi connectivity index (χ2v) is 2.12. The molecule has 22 valence electrons. The van der Waals surface area contributed by atoms with Gasteiger partial charge in [-0.25, -0.2) is 0 Å². The molecule has 0 saturated carbocycles. The van der Waals surface area contributed by atoms with Gasteiger partial charge in [-0.15, -0.1) is 0 Å². The molecule has 0 N–H and O–H groups in total. The van der Waals surface area contributed by atoms with Crippen molar-refractivity contribution < 1.29 is 0 Å². The molecule has 0 bridgehead atoms. The molecule has 0 unspecified atom stereocenters. The summed E-state index contributed by atoms with van der Waals surface area (Å²) in [5.41, 5.74) is 2.00. The summed E-state index contributed by atoms with van der Waals surface area (Å²) >= 11 is 3.37. The third kappa shape index (κ3) is 28.4. The first kappa shape index (κ1) is 9.78. The molecular formula is C3H8LiNa. The SMILES string of the molecule is C[CH2][Na].[1Li][CH3]. The molecule has 0 amide bonds. The Kier molecular flexibility index (Phi) is 34.3. The molecule has 0 fully saturated rings. The predicted octanol–water partition coefficient (Wildman–Crippen LogP) is 0.796. The fourth-order valence-corrected chi connectivity index (χ4v) is 0. The molecule has 0 radical (unpaired) electrons. The Labute approximate surface area is 61.3 Å². The molecule has 0 aliphatic rings.